The number of carbonyl (C=O) groups is 1. The van der Waals surface area contributed by atoms with Crippen molar-refractivity contribution in [2.45, 2.75) is 0 Å². The molecule has 0 bridgehead atoms. The molecule has 3 N–H and O–H groups in total. The number of hydrogen-bond acceptors (Lipinski definition) is 5. The second-order valence-electron chi connectivity index (χ2n) is 5.73. The molecule has 0 aliphatic rings. The molecule has 3 aromatic carbocycles. The van der Waals surface area contributed by atoms with Crippen molar-refractivity contribution in [3.05, 3.63) is 64.6 Å². The number of methoxy groups -OCH3 is 1. The normalized spacial score (nSPS) is 10.9. The van der Waals surface area contributed by atoms with Gasteiger partial charge in [0.15, 0.2) is 11.5 Å². The van der Waals surface area contributed by atoms with Crippen LogP contribution in [0.1, 0.15) is 5.56 Å². The fourth-order valence-corrected chi connectivity index (χ4v) is 3.28. The number of phenolic OH excluding ortho intramolecular Hbond substituents is 1. The third-order valence-electron chi connectivity index (χ3n) is 3.88. The monoisotopic (exact) mass is 427 g/mol. The number of phenols is 1. The number of amides is 1. The van der Waals surface area contributed by atoms with Gasteiger partial charge in [-0.1, -0.05) is 36.4 Å². The molecule has 0 radical (unpaired) electrons. The second-order valence-corrected chi connectivity index (χ2v) is 6.58. The summed E-state index contributed by atoms with van der Waals surface area (Å²) in [5, 5.41) is 19.1. The molecule has 0 aliphatic carbocycles. The topological polar surface area (TPSA) is 83.0 Å². The van der Waals surface area contributed by atoms with E-state index in [-0.39, 0.29) is 18.2 Å². The maximum absolute atomic E-state index is 12.0. The number of hydrogen-bond donors (Lipinski definition) is 3. The van der Waals surface area contributed by atoms with E-state index >= 15 is 0 Å². The summed E-state index contributed by atoms with van der Waals surface area (Å²) in [7, 11) is 1.47. The van der Waals surface area contributed by atoms with E-state index in [1.807, 2.05) is 42.5 Å². The van der Waals surface area contributed by atoms with Crippen molar-refractivity contribution in [1.29, 1.82) is 0 Å². The molecule has 27 heavy (non-hydrogen) atoms. The summed E-state index contributed by atoms with van der Waals surface area (Å²) in [6.07, 6.45) is 1.44. The van der Waals surface area contributed by atoms with Crippen molar-refractivity contribution in [1.82, 2.24) is 5.43 Å². The van der Waals surface area contributed by atoms with Gasteiger partial charge in [0, 0.05) is 11.1 Å². The highest BCUT2D eigenvalue weighted by Gasteiger charge is 2.08. The van der Waals surface area contributed by atoms with Crippen LogP contribution < -0.4 is 15.5 Å². The van der Waals surface area contributed by atoms with E-state index in [4.69, 9.17) is 4.74 Å². The van der Waals surface area contributed by atoms with E-state index in [0.29, 0.717) is 15.8 Å². The summed E-state index contributed by atoms with van der Waals surface area (Å²) in [6, 6.07) is 17.1. The molecule has 3 aromatic rings. The number of benzene rings is 3. The standard InChI is InChI=1S/C20H18BrN3O3/c1-27-20-16(21)9-13(10-18(20)25)11-23-24-19(26)12-22-17-8-4-6-14-5-2-3-7-15(14)17/h2-11,22,25H,12H2,1H3,(H,24,26). The first-order valence-electron chi connectivity index (χ1n) is 8.18. The molecule has 0 aliphatic heterocycles. The van der Waals surface area contributed by atoms with Crippen LogP contribution in [0, 0.1) is 0 Å². The molecular weight excluding hydrogens is 410 g/mol. The van der Waals surface area contributed by atoms with E-state index in [0.717, 1.165) is 16.5 Å². The average Bonchev–Trinajstić information content (AvgIpc) is 2.66. The Kier molecular flexibility index (Phi) is 5.93. The fourth-order valence-electron chi connectivity index (χ4n) is 2.65. The zero-order valence-electron chi connectivity index (χ0n) is 14.6. The van der Waals surface area contributed by atoms with Crippen molar-refractivity contribution < 1.29 is 14.6 Å². The third kappa shape index (κ3) is 4.57. The van der Waals surface area contributed by atoms with Crippen LogP contribution in [0.4, 0.5) is 5.69 Å². The highest BCUT2D eigenvalue weighted by Crippen LogP contribution is 2.34. The van der Waals surface area contributed by atoms with E-state index in [1.165, 1.54) is 19.4 Å². The van der Waals surface area contributed by atoms with Crippen LogP contribution >= 0.6 is 15.9 Å². The molecule has 138 valence electrons. The Morgan fingerprint density at radius 3 is 2.78 bits per heavy atom. The van der Waals surface area contributed by atoms with Crippen LogP contribution in [-0.4, -0.2) is 30.9 Å². The molecular formula is C20H18BrN3O3. The minimum absolute atomic E-state index is 0.0164. The predicted octanol–water partition coefficient (Wildman–Crippen LogP) is 3.88. The first kappa shape index (κ1) is 18.7. The van der Waals surface area contributed by atoms with Crippen molar-refractivity contribution in [3.8, 4) is 11.5 Å². The maximum atomic E-state index is 12.0. The van der Waals surface area contributed by atoms with Crippen molar-refractivity contribution in [2.24, 2.45) is 5.10 Å². The van der Waals surface area contributed by atoms with Gasteiger partial charge in [0.25, 0.3) is 5.91 Å². The Hall–Kier alpha value is -3.06. The van der Waals surface area contributed by atoms with Crippen LogP contribution in [0.2, 0.25) is 0 Å². The average molecular weight is 428 g/mol. The smallest absolute Gasteiger partial charge is 0.259 e. The molecule has 3 rings (SSSR count). The van der Waals surface area contributed by atoms with Gasteiger partial charge < -0.3 is 15.2 Å². The number of rotatable bonds is 6. The number of aromatic hydroxyl groups is 1. The molecule has 0 saturated carbocycles. The van der Waals surface area contributed by atoms with Gasteiger partial charge in [-0.25, -0.2) is 5.43 Å². The van der Waals surface area contributed by atoms with Crippen LogP contribution in [0.25, 0.3) is 10.8 Å². The predicted molar refractivity (Wildman–Crippen MR) is 111 cm³/mol. The molecule has 7 heteroatoms. The van der Waals surface area contributed by atoms with Gasteiger partial charge in [0.05, 0.1) is 24.3 Å². The van der Waals surface area contributed by atoms with Gasteiger partial charge in [0.1, 0.15) is 0 Å². The number of carbonyl (C=O) groups excluding carboxylic acids is 1. The zero-order valence-corrected chi connectivity index (χ0v) is 16.2. The first-order chi connectivity index (χ1) is 13.1. The minimum atomic E-state index is -0.281. The summed E-state index contributed by atoms with van der Waals surface area (Å²) in [6.45, 7) is 0.0862. The summed E-state index contributed by atoms with van der Waals surface area (Å²) in [5.41, 5.74) is 3.96. The number of ether oxygens (including phenoxy) is 1. The lowest BCUT2D eigenvalue weighted by molar-refractivity contribution is -0.119. The van der Waals surface area contributed by atoms with E-state index in [1.54, 1.807) is 6.07 Å². The first-order valence-corrected chi connectivity index (χ1v) is 8.98. The maximum Gasteiger partial charge on any atom is 0.259 e. The number of nitrogens with one attached hydrogen (secondary N) is 2. The lowest BCUT2D eigenvalue weighted by Gasteiger charge is -2.09. The molecule has 1 amide bonds. The number of nitrogens with zero attached hydrogens (tertiary/aromatic N) is 1. The molecule has 0 aromatic heterocycles. The van der Waals surface area contributed by atoms with E-state index in [9.17, 15) is 9.90 Å². The minimum Gasteiger partial charge on any atom is -0.504 e. The van der Waals surface area contributed by atoms with Crippen LogP contribution in [-0.2, 0) is 4.79 Å². The molecule has 0 heterocycles. The number of fused-ring (bicyclic) bond motifs is 1. The Labute approximate surface area is 165 Å². The Balaban J connectivity index is 1.59. The highest BCUT2D eigenvalue weighted by molar-refractivity contribution is 9.10. The van der Waals surface area contributed by atoms with Crippen LogP contribution in [0.15, 0.2) is 64.2 Å². The van der Waals surface area contributed by atoms with Crippen molar-refractivity contribution >= 4 is 44.5 Å². The zero-order chi connectivity index (χ0) is 19.2. The molecule has 0 spiro atoms. The van der Waals surface area contributed by atoms with Crippen LogP contribution in [0.3, 0.4) is 0 Å². The summed E-state index contributed by atoms with van der Waals surface area (Å²) in [5.74, 6) is 0.0451. The fraction of sp³-hybridized carbons (Fsp3) is 0.100. The van der Waals surface area contributed by atoms with Gasteiger partial charge in [-0.15, -0.1) is 0 Å². The molecule has 6 nitrogen and oxygen atoms in total. The molecule has 0 unspecified atom stereocenters. The van der Waals surface area contributed by atoms with Gasteiger partial charge in [0.2, 0.25) is 0 Å². The third-order valence-corrected chi connectivity index (χ3v) is 4.47. The van der Waals surface area contributed by atoms with Gasteiger partial charge in [-0.2, -0.15) is 5.10 Å². The lowest BCUT2D eigenvalue weighted by atomic mass is 10.1. The van der Waals surface area contributed by atoms with E-state index in [2.05, 4.69) is 31.8 Å². The Morgan fingerprint density at radius 2 is 2.00 bits per heavy atom. The van der Waals surface area contributed by atoms with Crippen LogP contribution in [0.5, 0.6) is 11.5 Å². The van der Waals surface area contributed by atoms with Gasteiger partial charge in [-0.3, -0.25) is 4.79 Å². The molecule has 0 fully saturated rings. The molecule has 0 atom stereocenters. The van der Waals surface area contributed by atoms with E-state index < -0.39 is 0 Å². The second kappa shape index (κ2) is 8.55. The largest absolute Gasteiger partial charge is 0.504 e. The SMILES string of the molecule is COc1c(O)cc(C=NNC(=O)CNc2cccc3ccccc23)cc1Br. The van der Waals surface area contributed by atoms with Crippen molar-refractivity contribution in [3.63, 3.8) is 0 Å². The Bertz CT molecular complexity index is 976. The lowest BCUT2D eigenvalue weighted by Crippen LogP contribution is -2.25. The highest BCUT2D eigenvalue weighted by atomic mass is 79.9. The Morgan fingerprint density at radius 1 is 1.22 bits per heavy atom. The van der Waals surface area contributed by atoms with Crippen molar-refractivity contribution in [2.75, 3.05) is 19.0 Å². The summed E-state index contributed by atoms with van der Waals surface area (Å²) >= 11 is 3.31. The number of halogens is 1. The number of anilines is 1. The number of hydrazone groups is 1. The molecule has 0 saturated heterocycles. The quantitative estimate of drug-likeness (QED) is 0.411. The van der Waals surface area contributed by atoms with Gasteiger partial charge in [-0.05, 0) is 45.1 Å². The summed E-state index contributed by atoms with van der Waals surface area (Å²) < 4.78 is 5.65. The van der Waals surface area contributed by atoms with Gasteiger partial charge >= 0.3 is 0 Å². The summed E-state index contributed by atoms with van der Waals surface area (Å²) in [4.78, 5) is 12.0.